The SMILES string of the molecule is CCCS(=O)(=O)CCOCCC1CCNC1. The highest BCUT2D eigenvalue weighted by Gasteiger charge is 2.14. The first-order valence-corrected chi connectivity index (χ1v) is 7.95. The molecule has 0 saturated carbocycles. The van der Waals surface area contributed by atoms with Gasteiger partial charge in [-0.25, -0.2) is 8.42 Å². The second-order valence-corrected chi connectivity index (χ2v) is 6.72. The lowest BCUT2D eigenvalue weighted by Gasteiger charge is -2.08. The van der Waals surface area contributed by atoms with Crippen LogP contribution in [0.25, 0.3) is 0 Å². The van der Waals surface area contributed by atoms with Crippen molar-refractivity contribution < 1.29 is 13.2 Å². The monoisotopic (exact) mass is 249 g/mol. The first kappa shape index (κ1) is 13.9. The molecule has 0 radical (unpaired) electrons. The zero-order chi connectivity index (χ0) is 11.9. The zero-order valence-electron chi connectivity index (χ0n) is 10.1. The largest absolute Gasteiger partial charge is 0.380 e. The lowest BCUT2D eigenvalue weighted by molar-refractivity contribution is 0.135. The molecule has 1 N–H and O–H groups in total. The van der Waals surface area contributed by atoms with Gasteiger partial charge in [-0.05, 0) is 38.3 Å². The van der Waals surface area contributed by atoms with Gasteiger partial charge in [0, 0.05) is 12.4 Å². The van der Waals surface area contributed by atoms with Crippen LogP contribution in [0.4, 0.5) is 0 Å². The standard InChI is InChI=1S/C11H23NO3S/c1-2-8-16(13,14)9-7-15-6-4-11-3-5-12-10-11/h11-12H,2-10H2,1H3. The van der Waals surface area contributed by atoms with Gasteiger partial charge in [0.1, 0.15) is 0 Å². The molecule has 1 aliphatic heterocycles. The Balaban J connectivity index is 1.98. The number of hydrogen-bond acceptors (Lipinski definition) is 4. The average molecular weight is 249 g/mol. The topological polar surface area (TPSA) is 55.4 Å². The van der Waals surface area contributed by atoms with E-state index in [0.717, 1.165) is 19.5 Å². The van der Waals surface area contributed by atoms with Crippen LogP contribution in [0.3, 0.4) is 0 Å². The average Bonchev–Trinajstić information content (AvgIpc) is 2.69. The molecular formula is C11H23NO3S. The van der Waals surface area contributed by atoms with Gasteiger partial charge in [-0.3, -0.25) is 0 Å². The maximum absolute atomic E-state index is 11.4. The Labute approximate surface area is 98.7 Å². The van der Waals surface area contributed by atoms with Gasteiger partial charge in [-0.1, -0.05) is 6.92 Å². The summed E-state index contributed by atoms with van der Waals surface area (Å²) in [7, 11) is -2.87. The highest BCUT2D eigenvalue weighted by Crippen LogP contribution is 2.11. The van der Waals surface area contributed by atoms with E-state index in [2.05, 4.69) is 5.32 Å². The number of hydrogen-bond donors (Lipinski definition) is 1. The van der Waals surface area contributed by atoms with Crippen molar-refractivity contribution in [3.05, 3.63) is 0 Å². The van der Waals surface area contributed by atoms with E-state index in [-0.39, 0.29) is 11.5 Å². The minimum absolute atomic E-state index is 0.170. The molecule has 1 saturated heterocycles. The first-order valence-electron chi connectivity index (χ1n) is 6.13. The lowest BCUT2D eigenvalue weighted by Crippen LogP contribution is -2.16. The zero-order valence-corrected chi connectivity index (χ0v) is 10.9. The first-order chi connectivity index (χ1) is 7.64. The second kappa shape index (κ2) is 7.25. The van der Waals surface area contributed by atoms with Crippen molar-refractivity contribution in [2.45, 2.75) is 26.2 Å². The van der Waals surface area contributed by atoms with Crippen LogP contribution in [-0.4, -0.2) is 46.2 Å². The maximum Gasteiger partial charge on any atom is 0.152 e. The molecule has 1 rings (SSSR count). The van der Waals surface area contributed by atoms with Gasteiger partial charge >= 0.3 is 0 Å². The fourth-order valence-corrected chi connectivity index (χ4v) is 3.11. The fraction of sp³-hybridized carbons (Fsp3) is 1.00. The summed E-state index contributed by atoms with van der Waals surface area (Å²) in [4.78, 5) is 0. The van der Waals surface area contributed by atoms with Gasteiger partial charge in [-0.2, -0.15) is 0 Å². The maximum atomic E-state index is 11.4. The van der Waals surface area contributed by atoms with Gasteiger partial charge in [0.2, 0.25) is 0 Å². The highest BCUT2D eigenvalue weighted by molar-refractivity contribution is 7.91. The predicted molar refractivity (Wildman–Crippen MR) is 65.4 cm³/mol. The van der Waals surface area contributed by atoms with Crippen molar-refractivity contribution in [1.29, 1.82) is 0 Å². The molecule has 0 spiro atoms. The molecule has 1 fully saturated rings. The van der Waals surface area contributed by atoms with E-state index in [1.165, 1.54) is 6.42 Å². The van der Waals surface area contributed by atoms with Crippen molar-refractivity contribution in [2.24, 2.45) is 5.92 Å². The molecule has 1 aliphatic rings. The van der Waals surface area contributed by atoms with E-state index in [1.807, 2.05) is 6.92 Å². The number of nitrogens with one attached hydrogen (secondary N) is 1. The van der Waals surface area contributed by atoms with Crippen LogP contribution in [0.15, 0.2) is 0 Å². The van der Waals surface area contributed by atoms with Crippen LogP contribution in [0.2, 0.25) is 0 Å². The minimum atomic E-state index is -2.87. The molecule has 1 heterocycles. The molecule has 0 aromatic rings. The van der Waals surface area contributed by atoms with Crippen molar-refractivity contribution in [2.75, 3.05) is 37.8 Å². The van der Waals surface area contributed by atoms with Crippen LogP contribution in [-0.2, 0) is 14.6 Å². The molecule has 96 valence electrons. The molecule has 1 atom stereocenters. The van der Waals surface area contributed by atoms with Crippen molar-refractivity contribution in [3.63, 3.8) is 0 Å². The summed E-state index contributed by atoms with van der Waals surface area (Å²) in [5.74, 6) is 1.17. The fourth-order valence-electron chi connectivity index (χ4n) is 1.91. The van der Waals surface area contributed by atoms with Crippen LogP contribution >= 0.6 is 0 Å². The van der Waals surface area contributed by atoms with E-state index in [1.54, 1.807) is 0 Å². The van der Waals surface area contributed by atoms with E-state index in [0.29, 0.717) is 25.6 Å². The Morgan fingerprint density at radius 1 is 1.31 bits per heavy atom. The summed E-state index contributed by atoms with van der Waals surface area (Å²) in [6.07, 6.45) is 2.95. The van der Waals surface area contributed by atoms with Crippen LogP contribution in [0.5, 0.6) is 0 Å². The van der Waals surface area contributed by atoms with Gasteiger partial charge < -0.3 is 10.1 Å². The van der Waals surface area contributed by atoms with E-state index < -0.39 is 9.84 Å². The summed E-state index contributed by atoms with van der Waals surface area (Å²) in [6.45, 7) is 5.11. The van der Waals surface area contributed by atoms with Crippen LogP contribution in [0, 0.1) is 5.92 Å². The third-order valence-electron chi connectivity index (χ3n) is 2.89. The molecule has 1 unspecified atom stereocenters. The number of ether oxygens (including phenoxy) is 1. The third kappa shape index (κ3) is 5.82. The number of rotatable bonds is 8. The predicted octanol–water partition coefficient (Wildman–Crippen LogP) is 0.827. The van der Waals surface area contributed by atoms with Gasteiger partial charge in [-0.15, -0.1) is 0 Å². The molecule has 5 heteroatoms. The highest BCUT2D eigenvalue weighted by atomic mass is 32.2. The summed E-state index contributed by atoms with van der Waals surface area (Å²) in [5.41, 5.74) is 0. The third-order valence-corrected chi connectivity index (χ3v) is 4.71. The molecule has 0 aliphatic carbocycles. The summed E-state index contributed by atoms with van der Waals surface area (Å²) >= 11 is 0. The summed E-state index contributed by atoms with van der Waals surface area (Å²) < 4.78 is 28.1. The van der Waals surface area contributed by atoms with E-state index in [9.17, 15) is 8.42 Å². The quantitative estimate of drug-likeness (QED) is 0.647. The van der Waals surface area contributed by atoms with Crippen LogP contribution < -0.4 is 5.32 Å². The smallest absolute Gasteiger partial charge is 0.152 e. The molecule has 0 aromatic heterocycles. The Kier molecular flexibility index (Phi) is 6.31. The Morgan fingerprint density at radius 2 is 2.12 bits per heavy atom. The molecule has 16 heavy (non-hydrogen) atoms. The van der Waals surface area contributed by atoms with Gasteiger partial charge in [0.05, 0.1) is 12.4 Å². The Morgan fingerprint density at radius 3 is 2.75 bits per heavy atom. The van der Waals surface area contributed by atoms with Gasteiger partial charge in [0.15, 0.2) is 9.84 Å². The normalized spacial score (nSPS) is 21.4. The van der Waals surface area contributed by atoms with E-state index in [4.69, 9.17) is 4.74 Å². The van der Waals surface area contributed by atoms with E-state index >= 15 is 0 Å². The molecule has 0 amide bonds. The second-order valence-electron chi connectivity index (χ2n) is 4.41. The Hall–Kier alpha value is -0.130. The molecule has 4 nitrogen and oxygen atoms in total. The Bertz CT molecular complexity index is 271. The lowest BCUT2D eigenvalue weighted by atomic mass is 10.1. The van der Waals surface area contributed by atoms with Crippen molar-refractivity contribution in [3.8, 4) is 0 Å². The molecule has 0 aromatic carbocycles. The number of sulfone groups is 1. The summed E-state index contributed by atoms with van der Waals surface area (Å²) in [5, 5.41) is 3.30. The molecule has 0 bridgehead atoms. The van der Waals surface area contributed by atoms with Crippen LogP contribution in [0.1, 0.15) is 26.2 Å². The molecular weight excluding hydrogens is 226 g/mol. The minimum Gasteiger partial charge on any atom is -0.380 e. The van der Waals surface area contributed by atoms with Crippen molar-refractivity contribution in [1.82, 2.24) is 5.32 Å². The summed E-state index contributed by atoms with van der Waals surface area (Å²) in [6, 6.07) is 0. The van der Waals surface area contributed by atoms with Crippen molar-refractivity contribution >= 4 is 9.84 Å². The van der Waals surface area contributed by atoms with Gasteiger partial charge in [0.25, 0.3) is 0 Å².